The first-order valence-electron chi connectivity index (χ1n) is 13.7. The summed E-state index contributed by atoms with van der Waals surface area (Å²) in [5.41, 5.74) is 3.05. The lowest BCUT2D eigenvalue weighted by atomic mass is 9.70. The summed E-state index contributed by atoms with van der Waals surface area (Å²) in [5.74, 6) is 3.48. The molecule has 1 aromatic rings. The number of benzene rings is 1. The highest BCUT2D eigenvalue weighted by Crippen LogP contribution is 2.42. The molecule has 0 radical (unpaired) electrons. The van der Waals surface area contributed by atoms with Crippen molar-refractivity contribution in [3.8, 4) is 6.07 Å². The van der Waals surface area contributed by atoms with Crippen LogP contribution in [0.4, 0.5) is 0 Å². The summed E-state index contributed by atoms with van der Waals surface area (Å²) in [6.45, 7) is 4.56. The van der Waals surface area contributed by atoms with Gasteiger partial charge < -0.3 is 0 Å². The number of rotatable bonds is 11. The summed E-state index contributed by atoms with van der Waals surface area (Å²) in [4.78, 5) is 0. The Hall–Kier alpha value is -1.29. The molecule has 1 atom stereocenters. The molecule has 31 heavy (non-hydrogen) atoms. The fourth-order valence-corrected chi connectivity index (χ4v) is 6.34. The summed E-state index contributed by atoms with van der Waals surface area (Å²) in [6, 6.07) is 12.3. The molecule has 0 heterocycles. The summed E-state index contributed by atoms with van der Waals surface area (Å²) in [5, 5.41) is 9.92. The molecular weight excluding hydrogens is 374 g/mol. The third-order valence-electron chi connectivity index (χ3n) is 8.55. The SMILES string of the molecule is CCCCC[C@H]1CC[C@H](C(C#N)C[C@H]2CC[C@H](c3ccc(CCCC)cc3)CC2)CC1. The van der Waals surface area contributed by atoms with Crippen molar-refractivity contribution in [2.75, 3.05) is 0 Å². The van der Waals surface area contributed by atoms with E-state index in [9.17, 15) is 5.26 Å². The number of hydrogen-bond acceptors (Lipinski definition) is 1. The first-order chi connectivity index (χ1) is 15.2. The zero-order valence-electron chi connectivity index (χ0n) is 20.5. The van der Waals surface area contributed by atoms with E-state index in [0.717, 1.165) is 17.8 Å². The standard InChI is InChI=1S/C30H47N/c1-3-5-7-9-25-12-18-29(19-13-25)30(23-31)22-26-14-20-28(21-15-26)27-16-10-24(11-17-27)8-6-4-2/h10-11,16-17,25-26,28-30H,3-9,12-15,18-22H2,1-2H3/t25-,26-,28-,29-,30?. The molecule has 0 aliphatic heterocycles. The molecule has 3 rings (SSSR count). The third-order valence-corrected chi connectivity index (χ3v) is 8.55. The minimum atomic E-state index is 0.316. The number of hydrogen-bond donors (Lipinski definition) is 0. The van der Waals surface area contributed by atoms with E-state index in [4.69, 9.17) is 0 Å². The van der Waals surface area contributed by atoms with Gasteiger partial charge in [0.1, 0.15) is 0 Å². The Morgan fingerprint density at radius 2 is 1.45 bits per heavy atom. The van der Waals surface area contributed by atoms with E-state index >= 15 is 0 Å². The smallest absolute Gasteiger partial charge is 0.0658 e. The average Bonchev–Trinajstić information content (AvgIpc) is 2.83. The first kappa shape index (κ1) is 24.4. The lowest BCUT2D eigenvalue weighted by molar-refractivity contribution is 0.187. The predicted molar refractivity (Wildman–Crippen MR) is 133 cm³/mol. The van der Waals surface area contributed by atoms with Crippen LogP contribution in [0.2, 0.25) is 0 Å². The Bertz CT molecular complexity index is 638. The summed E-state index contributed by atoms with van der Waals surface area (Å²) < 4.78 is 0. The Morgan fingerprint density at radius 3 is 2.06 bits per heavy atom. The van der Waals surface area contributed by atoms with Crippen LogP contribution in [0.1, 0.15) is 127 Å². The highest BCUT2D eigenvalue weighted by Gasteiger charge is 2.31. The predicted octanol–water partition coefficient (Wildman–Crippen LogP) is 9.22. The normalized spacial score (nSPS) is 27.5. The minimum absolute atomic E-state index is 0.316. The fourth-order valence-electron chi connectivity index (χ4n) is 6.34. The molecule has 0 bridgehead atoms. The van der Waals surface area contributed by atoms with Gasteiger partial charge in [-0.3, -0.25) is 0 Å². The van der Waals surface area contributed by atoms with Crippen molar-refractivity contribution in [3.05, 3.63) is 35.4 Å². The molecule has 1 aromatic carbocycles. The molecule has 2 aliphatic carbocycles. The molecule has 2 fully saturated rings. The van der Waals surface area contributed by atoms with E-state index in [2.05, 4.69) is 44.2 Å². The van der Waals surface area contributed by atoms with Crippen LogP contribution in [-0.4, -0.2) is 0 Å². The largest absolute Gasteiger partial charge is 0.198 e. The van der Waals surface area contributed by atoms with Crippen LogP contribution in [-0.2, 0) is 6.42 Å². The van der Waals surface area contributed by atoms with Crippen LogP contribution in [0.15, 0.2) is 24.3 Å². The highest BCUT2D eigenvalue weighted by atomic mass is 14.4. The van der Waals surface area contributed by atoms with Crippen molar-refractivity contribution in [1.29, 1.82) is 5.26 Å². The second-order valence-electron chi connectivity index (χ2n) is 10.8. The van der Waals surface area contributed by atoms with Gasteiger partial charge in [-0.2, -0.15) is 5.26 Å². The third kappa shape index (κ3) is 7.66. The quantitative estimate of drug-likeness (QED) is 0.327. The Labute approximate surface area is 193 Å². The van der Waals surface area contributed by atoms with Crippen molar-refractivity contribution in [2.24, 2.45) is 23.7 Å². The monoisotopic (exact) mass is 421 g/mol. The van der Waals surface area contributed by atoms with Crippen molar-refractivity contribution < 1.29 is 0 Å². The molecule has 0 N–H and O–H groups in total. The highest BCUT2D eigenvalue weighted by molar-refractivity contribution is 5.26. The second-order valence-corrected chi connectivity index (χ2v) is 10.8. The lowest BCUT2D eigenvalue weighted by Crippen LogP contribution is -2.24. The van der Waals surface area contributed by atoms with Crippen LogP contribution < -0.4 is 0 Å². The van der Waals surface area contributed by atoms with E-state index in [1.807, 2.05) is 0 Å². The van der Waals surface area contributed by atoms with Crippen LogP contribution in [0.5, 0.6) is 0 Å². The molecule has 2 aliphatic rings. The maximum absolute atomic E-state index is 9.92. The van der Waals surface area contributed by atoms with E-state index in [-0.39, 0.29) is 0 Å². The molecule has 1 unspecified atom stereocenters. The molecule has 0 saturated heterocycles. The molecule has 1 nitrogen and oxygen atoms in total. The topological polar surface area (TPSA) is 23.8 Å². The number of unbranched alkanes of at least 4 members (excludes halogenated alkanes) is 3. The van der Waals surface area contributed by atoms with Crippen LogP contribution >= 0.6 is 0 Å². The van der Waals surface area contributed by atoms with Gasteiger partial charge in [0.2, 0.25) is 0 Å². The Kier molecular flexibility index (Phi) is 10.5. The second kappa shape index (κ2) is 13.3. The molecule has 172 valence electrons. The van der Waals surface area contributed by atoms with E-state index < -0.39 is 0 Å². The fraction of sp³-hybridized carbons (Fsp3) is 0.767. The van der Waals surface area contributed by atoms with Gasteiger partial charge in [-0.15, -0.1) is 0 Å². The van der Waals surface area contributed by atoms with Crippen LogP contribution in [0.3, 0.4) is 0 Å². The van der Waals surface area contributed by atoms with Crippen molar-refractivity contribution in [1.82, 2.24) is 0 Å². The summed E-state index contributed by atoms with van der Waals surface area (Å²) in [6.07, 6.45) is 21.2. The maximum Gasteiger partial charge on any atom is 0.0658 e. The summed E-state index contributed by atoms with van der Waals surface area (Å²) >= 11 is 0. The van der Waals surface area contributed by atoms with Gasteiger partial charge in [0.25, 0.3) is 0 Å². The lowest BCUT2D eigenvalue weighted by Gasteiger charge is -2.34. The van der Waals surface area contributed by atoms with E-state index in [1.54, 1.807) is 5.56 Å². The van der Waals surface area contributed by atoms with Crippen LogP contribution in [0.25, 0.3) is 0 Å². The molecule has 2 saturated carbocycles. The van der Waals surface area contributed by atoms with Gasteiger partial charge >= 0.3 is 0 Å². The maximum atomic E-state index is 9.92. The van der Waals surface area contributed by atoms with Gasteiger partial charge in [-0.1, -0.05) is 83.1 Å². The summed E-state index contributed by atoms with van der Waals surface area (Å²) in [7, 11) is 0. The zero-order chi connectivity index (χ0) is 21.9. The van der Waals surface area contributed by atoms with Crippen molar-refractivity contribution in [3.63, 3.8) is 0 Å². The molecule has 0 aromatic heterocycles. The van der Waals surface area contributed by atoms with E-state index in [1.165, 1.54) is 108 Å². The molecule has 1 heteroatoms. The number of nitrogens with zero attached hydrogens (tertiary/aromatic N) is 1. The van der Waals surface area contributed by atoms with Gasteiger partial charge in [0.05, 0.1) is 6.07 Å². The van der Waals surface area contributed by atoms with Crippen molar-refractivity contribution in [2.45, 2.75) is 122 Å². The Morgan fingerprint density at radius 1 is 0.806 bits per heavy atom. The van der Waals surface area contributed by atoms with Crippen molar-refractivity contribution >= 4 is 0 Å². The zero-order valence-corrected chi connectivity index (χ0v) is 20.5. The molecule has 0 spiro atoms. The minimum Gasteiger partial charge on any atom is -0.198 e. The van der Waals surface area contributed by atoms with Gasteiger partial charge in [-0.25, -0.2) is 0 Å². The van der Waals surface area contributed by atoms with Crippen LogP contribution in [0, 0.1) is 35.0 Å². The van der Waals surface area contributed by atoms with E-state index in [0.29, 0.717) is 11.8 Å². The number of aryl methyl sites for hydroxylation is 1. The number of nitriles is 1. The van der Waals surface area contributed by atoms with Gasteiger partial charge in [0, 0.05) is 5.92 Å². The Balaban J connectivity index is 1.40. The molecular formula is C30H47N. The van der Waals surface area contributed by atoms with Gasteiger partial charge in [0.15, 0.2) is 0 Å². The first-order valence-corrected chi connectivity index (χ1v) is 13.7. The molecule has 0 amide bonds. The average molecular weight is 422 g/mol. The van der Waals surface area contributed by atoms with Gasteiger partial charge in [-0.05, 0) is 92.6 Å².